The van der Waals surface area contributed by atoms with Crippen LogP contribution in [0.5, 0.6) is 0 Å². The highest BCUT2D eigenvalue weighted by molar-refractivity contribution is 7.18. The number of ketones is 1. The van der Waals surface area contributed by atoms with E-state index in [1.165, 1.54) is 0 Å². The second-order valence-corrected chi connectivity index (χ2v) is 9.94. The first-order valence-corrected chi connectivity index (χ1v) is 10.9. The van der Waals surface area contributed by atoms with Crippen LogP contribution in [0.3, 0.4) is 0 Å². The van der Waals surface area contributed by atoms with E-state index in [4.69, 9.17) is 4.98 Å². The van der Waals surface area contributed by atoms with E-state index in [9.17, 15) is 10.1 Å². The lowest BCUT2D eigenvalue weighted by atomic mass is 9.77. The molecular weight excluding hydrogens is 382 g/mol. The lowest BCUT2D eigenvalue weighted by Crippen LogP contribution is -2.30. The average Bonchev–Trinajstić information content (AvgIpc) is 3.45. The van der Waals surface area contributed by atoms with Crippen LogP contribution in [0.2, 0.25) is 0 Å². The molecule has 2 aliphatic heterocycles. The zero-order valence-electron chi connectivity index (χ0n) is 16.4. The third kappa shape index (κ3) is 2.24. The number of nitrogens with zero attached hydrogens (tertiary/aromatic N) is 3. The van der Waals surface area contributed by atoms with Gasteiger partial charge in [-0.15, -0.1) is 0 Å². The maximum absolute atomic E-state index is 13.5. The smallest absolute Gasteiger partial charge is 0.207 e. The molecule has 0 saturated carbocycles. The highest BCUT2D eigenvalue weighted by Gasteiger charge is 2.44. The van der Waals surface area contributed by atoms with Crippen LogP contribution in [-0.2, 0) is 5.41 Å². The fourth-order valence-electron chi connectivity index (χ4n) is 5.24. The normalized spacial score (nSPS) is 24.4. The summed E-state index contributed by atoms with van der Waals surface area (Å²) in [5, 5.41) is 14.6. The maximum atomic E-state index is 13.5. The van der Waals surface area contributed by atoms with Crippen molar-refractivity contribution in [2.24, 2.45) is 11.8 Å². The summed E-state index contributed by atoms with van der Waals surface area (Å²) in [6.07, 6.45) is 0. The summed E-state index contributed by atoms with van der Waals surface area (Å²) in [6.45, 7) is 8.46. The van der Waals surface area contributed by atoms with Crippen molar-refractivity contribution in [2.75, 3.05) is 31.1 Å². The predicted octanol–water partition coefficient (Wildman–Crippen LogP) is 3.02. The van der Waals surface area contributed by atoms with Crippen molar-refractivity contribution in [3.05, 3.63) is 45.6 Å². The minimum atomic E-state index is -0.393. The number of thiazole rings is 1. The van der Waals surface area contributed by atoms with E-state index >= 15 is 0 Å². The molecule has 29 heavy (non-hydrogen) atoms. The van der Waals surface area contributed by atoms with Crippen molar-refractivity contribution in [3.63, 3.8) is 0 Å². The molecule has 0 bridgehead atoms. The molecule has 1 aromatic carbocycles. The number of hydrogen-bond donors (Lipinski definition) is 2. The van der Waals surface area contributed by atoms with Gasteiger partial charge in [0.2, 0.25) is 5.78 Å². The molecule has 0 spiro atoms. The zero-order valence-corrected chi connectivity index (χ0v) is 17.2. The van der Waals surface area contributed by atoms with Gasteiger partial charge in [-0.1, -0.05) is 17.4 Å². The van der Waals surface area contributed by atoms with Crippen molar-refractivity contribution >= 4 is 33.2 Å². The number of aromatic amines is 1. The molecule has 6 nitrogen and oxygen atoms in total. The molecule has 3 aliphatic rings. The number of carbonyl (C=O) groups excluding carboxylic acids is 1. The molecule has 2 atom stereocenters. The van der Waals surface area contributed by atoms with E-state index in [-0.39, 0.29) is 5.78 Å². The van der Waals surface area contributed by atoms with Crippen molar-refractivity contribution in [1.29, 1.82) is 5.26 Å². The Labute approximate surface area is 172 Å². The van der Waals surface area contributed by atoms with Crippen molar-refractivity contribution < 1.29 is 4.79 Å². The van der Waals surface area contributed by atoms with Crippen LogP contribution in [0.15, 0.2) is 18.2 Å². The summed E-state index contributed by atoms with van der Waals surface area (Å²) in [7, 11) is 0. The van der Waals surface area contributed by atoms with Crippen LogP contribution in [0, 0.1) is 23.2 Å². The molecule has 2 saturated heterocycles. The van der Waals surface area contributed by atoms with E-state index in [0.717, 1.165) is 64.0 Å². The molecular formula is C22H21N5OS. The fraction of sp³-hybridized carbons (Fsp3) is 0.409. The number of hydrogen-bond acceptors (Lipinski definition) is 6. The van der Waals surface area contributed by atoms with Gasteiger partial charge in [-0.25, -0.2) is 4.98 Å². The first-order chi connectivity index (χ1) is 14.0. The number of rotatable bonds is 1. The molecule has 0 radical (unpaired) electrons. The van der Waals surface area contributed by atoms with E-state index < -0.39 is 5.41 Å². The summed E-state index contributed by atoms with van der Waals surface area (Å²) in [4.78, 5) is 25.1. The molecule has 2 fully saturated rings. The van der Waals surface area contributed by atoms with Crippen molar-refractivity contribution in [1.82, 2.24) is 15.3 Å². The van der Waals surface area contributed by atoms with E-state index in [1.54, 1.807) is 17.4 Å². The Bertz CT molecular complexity index is 1220. The van der Waals surface area contributed by atoms with Gasteiger partial charge in [-0.3, -0.25) is 4.79 Å². The molecule has 2 aromatic heterocycles. The number of aromatic nitrogens is 2. The summed E-state index contributed by atoms with van der Waals surface area (Å²) < 4.78 is 0. The number of nitrogens with one attached hydrogen (secondary N) is 2. The molecule has 0 amide bonds. The van der Waals surface area contributed by atoms with Crippen LogP contribution in [0.4, 0.5) is 5.13 Å². The molecule has 7 heteroatoms. The van der Waals surface area contributed by atoms with Gasteiger partial charge in [0.05, 0.1) is 22.9 Å². The minimum absolute atomic E-state index is 0.0510. The Morgan fingerprint density at radius 3 is 2.76 bits per heavy atom. The Morgan fingerprint density at radius 1 is 1.28 bits per heavy atom. The Balaban J connectivity index is 1.47. The summed E-state index contributed by atoms with van der Waals surface area (Å²) in [5.74, 6) is 1.42. The number of benzene rings is 1. The summed E-state index contributed by atoms with van der Waals surface area (Å²) in [5.41, 5.74) is 3.55. The van der Waals surface area contributed by atoms with Gasteiger partial charge in [0.1, 0.15) is 4.88 Å². The molecule has 146 valence electrons. The van der Waals surface area contributed by atoms with Crippen LogP contribution in [0.1, 0.15) is 46.0 Å². The van der Waals surface area contributed by atoms with E-state index in [2.05, 4.69) is 35.1 Å². The molecule has 4 heterocycles. The maximum Gasteiger partial charge on any atom is 0.207 e. The average molecular weight is 404 g/mol. The van der Waals surface area contributed by atoms with E-state index in [0.29, 0.717) is 17.4 Å². The van der Waals surface area contributed by atoms with Gasteiger partial charge in [0.25, 0.3) is 0 Å². The zero-order chi connectivity index (χ0) is 19.9. The van der Waals surface area contributed by atoms with Gasteiger partial charge in [0, 0.05) is 48.2 Å². The monoisotopic (exact) mass is 403 g/mol. The quantitative estimate of drug-likeness (QED) is 0.652. The van der Waals surface area contributed by atoms with Gasteiger partial charge < -0.3 is 15.2 Å². The second kappa shape index (κ2) is 5.68. The highest BCUT2D eigenvalue weighted by Crippen LogP contribution is 2.47. The lowest BCUT2D eigenvalue weighted by molar-refractivity contribution is 0.103. The lowest BCUT2D eigenvalue weighted by Gasteiger charge is -2.28. The second-order valence-electron chi connectivity index (χ2n) is 8.96. The predicted molar refractivity (Wildman–Crippen MR) is 113 cm³/mol. The molecule has 6 rings (SSSR count). The van der Waals surface area contributed by atoms with Crippen LogP contribution in [0.25, 0.3) is 10.9 Å². The fourth-order valence-corrected chi connectivity index (χ4v) is 6.43. The van der Waals surface area contributed by atoms with Gasteiger partial charge in [-0.2, -0.15) is 5.26 Å². The SMILES string of the molecule is CC1(C)c2nc(N3C[C@H]4CNC[C@H]4C3)sc2C(=O)c2c1[nH]c1cc(C#N)ccc21. The topological polar surface area (TPSA) is 84.8 Å². The Kier molecular flexibility index (Phi) is 3.37. The highest BCUT2D eigenvalue weighted by atomic mass is 32.1. The number of nitriles is 1. The summed E-state index contributed by atoms with van der Waals surface area (Å²) >= 11 is 1.54. The number of H-pyrrole nitrogens is 1. The number of carbonyl (C=O) groups is 1. The van der Waals surface area contributed by atoms with Gasteiger partial charge in [0.15, 0.2) is 5.13 Å². The van der Waals surface area contributed by atoms with Crippen molar-refractivity contribution in [3.8, 4) is 6.07 Å². The third-order valence-electron chi connectivity index (χ3n) is 6.85. The Hall–Kier alpha value is -2.69. The molecule has 3 aromatic rings. The Morgan fingerprint density at radius 2 is 2.03 bits per heavy atom. The number of fused-ring (bicyclic) bond motifs is 5. The van der Waals surface area contributed by atoms with Crippen LogP contribution < -0.4 is 10.2 Å². The van der Waals surface area contributed by atoms with Crippen molar-refractivity contribution in [2.45, 2.75) is 19.3 Å². The third-order valence-corrected chi connectivity index (χ3v) is 7.97. The van der Waals surface area contributed by atoms with Gasteiger partial charge >= 0.3 is 0 Å². The van der Waals surface area contributed by atoms with Crippen LogP contribution >= 0.6 is 11.3 Å². The van der Waals surface area contributed by atoms with Crippen LogP contribution in [-0.4, -0.2) is 41.9 Å². The van der Waals surface area contributed by atoms with E-state index in [1.807, 2.05) is 12.1 Å². The standard InChI is InChI=1S/C22H21N5OS/c1-22(2)19-16(14-4-3-11(6-23)5-15(14)25-19)17(28)18-20(22)26-21(29-18)27-9-12-7-24-8-13(12)10-27/h3-5,12-13,24-25H,7-10H2,1-2H3/t12-,13+. The first-order valence-electron chi connectivity index (χ1n) is 10.1. The molecule has 2 N–H and O–H groups in total. The molecule has 1 aliphatic carbocycles. The molecule has 0 unspecified atom stereocenters. The largest absolute Gasteiger partial charge is 0.357 e. The summed E-state index contributed by atoms with van der Waals surface area (Å²) in [6, 6.07) is 7.66. The minimum Gasteiger partial charge on any atom is -0.357 e. The van der Waals surface area contributed by atoms with Gasteiger partial charge in [-0.05, 0) is 37.8 Å². The first kappa shape index (κ1) is 17.2. The number of anilines is 1.